The predicted molar refractivity (Wildman–Crippen MR) is 73.2 cm³/mol. The van der Waals surface area contributed by atoms with E-state index in [-0.39, 0.29) is 5.97 Å². The molecule has 1 aromatic rings. The van der Waals surface area contributed by atoms with Crippen LogP contribution >= 0.6 is 0 Å². The fraction of sp³-hybridized carbons (Fsp3) is 0.438. The lowest BCUT2D eigenvalue weighted by atomic mass is 9.89. The average Bonchev–Trinajstić information content (AvgIpc) is 2.65. The van der Waals surface area contributed by atoms with E-state index in [0.29, 0.717) is 0 Å². The number of carbonyl (C=O) groups is 1. The van der Waals surface area contributed by atoms with Gasteiger partial charge in [-0.15, -0.1) is 0 Å². The first-order valence-electron chi connectivity index (χ1n) is 6.57. The summed E-state index contributed by atoms with van der Waals surface area (Å²) in [4.78, 5) is 11.4. The summed E-state index contributed by atoms with van der Waals surface area (Å²) in [5.74, 6) is -0.217. The van der Waals surface area contributed by atoms with Crippen LogP contribution in [0.4, 0.5) is 0 Å². The second-order valence-corrected chi connectivity index (χ2v) is 5.01. The standard InChI is InChI=1S/C16H20O2/c1-4-5-9-16(18-13(3)17)10-8-14-7-6-12(2)11-15(14)16/h6-8,10-11H,4-5,9H2,1-3H3. The Hall–Kier alpha value is -1.57. The van der Waals surface area contributed by atoms with Crippen LogP contribution in [0.2, 0.25) is 0 Å². The number of carbonyl (C=O) groups excluding carboxylic acids is 1. The van der Waals surface area contributed by atoms with Crippen molar-refractivity contribution in [1.82, 2.24) is 0 Å². The van der Waals surface area contributed by atoms with E-state index in [1.54, 1.807) is 0 Å². The maximum Gasteiger partial charge on any atom is 0.303 e. The maximum absolute atomic E-state index is 11.4. The summed E-state index contributed by atoms with van der Waals surface area (Å²) in [6.07, 6.45) is 7.10. The third-order valence-corrected chi connectivity index (χ3v) is 3.42. The number of esters is 1. The van der Waals surface area contributed by atoms with Crippen LogP contribution in [0.1, 0.15) is 49.8 Å². The molecule has 0 amide bonds. The van der Waals surface area contributed by atoms with E-state index in [2.05, 4.69) is 38.1 Å². The van der Waals surface area contributed by atoms with Crippen molar-refractivity contribution in [1.29, 1.82) is 0 Å². The minimum atomic E-state index is -0.538. The first-order valence-corrected chi connectivity index (χ1v) is 6.57. The van der Waals surface area contributed by atoms with E-state index in [9.17, 15) is 4.79 Å². The molecule has 0 heterocycles. The van der Waals surface area contributed by atoms with Gasteiger partial charge in [-0.3, -0.25) is 4.79 Å². The van der Waals surface area contributed by atoms with Crippen LogP contribution in [0.5, 0.6) is 0 Å². The Morgan fingerprint density at radius 1 is 1.39 bits per heavy atom. The molecule has 0 fully saturated rings. The van der Waals surface area contributed by atoms with Crippen LogP contribution < -0.4 is 0 Å². The summed E-state index contributed by atoms with van der Waals surface area (Å²) in [6, 6.07) is 6.32. The highest BCUT2D eigenvalue weighted by Crippen LogP contribution is 2.41. The average molecular weight is 244 g/mol. The highest BCUT2D eigenvalue weighted by Gasteiger charge is 2.37. The summed E-state index contributed by atoms with van der Waals surface area (Å²) >= 11 is 0. The van der Waals surface area contributed by atoms with E-state index in [1.807, 2.05) is 6.08 Å². The Balaban J connectivity index is 2.41. The van der Waals surface area contributed by atoms with E-state index in [1.165, 1.54) is 12.5 Å². The molecular weight excluding hydrogens is 224 g/mol. The summed E-state index contributed by atoms with van der Waals surface area (Å²) in [7, 11) is 0. The third-order valence-electron chi connectivity index (χ3n) is 3.42. The monoisotopic (exact) mass is 244 g/mol. The fourth-order valence-corrected chi connectivity index (χ4v) is 2.55. The number of fused-ring (bicyclic) bond motifs is 1. The van der Waals surface area contributed by atoms with E-state index < -0.39 is 5.60 Å². The van der Waals surface area contributed by atoms with Gasteiger partial charge in [0.1, 0.15) is 0 Å². The molecule has 0 bridgehead atoms. The normalized spacial score (nSPS) is 20.8. The summed E-state index contributed by atoms with van der Waals surface area (Å²) in [5.41, 5.74) is 2.96. The van der Waals surface area contributed by atoms with Crippen LogP contribution in [0.3, 0.4) is 0 Å². The van der Waals surface area contributed by atoms with Crippen molar-refractivity contribution in [2.24, 2.45) is 0 Å². The lowest BCUT2D eigenvalue weighted by molar-refractivity contribution is -0.153. The Morgan fingerprint density at radius 3 is 2.83 bits per heavy atom. The minimum Gasteiger partial charge on any atom is -0.450 e. The molecule has 2 nitrogen and oxygen atoms in total. The molecule has 96 valence electrons. The van der Waals surface area contributed by atoms with Gasteiger partial charge < -0.3 is 4.74 Å². The van der Waals surface area contributed by atoms with Crippen molar-refractivity contribution in [2.75, 3.05) is 0 Å². The highest BCUT2D eigenvalue weighted by atomic mass is 16.6. The van der Waals surface area contributed by atoms with Crippen molar-refractivity contribution in [3.63, 3.8) is 0 Å². The number of aryl methyl sites for hydroxylation is 1. The van der Waals surface area contributed by atoms with Gasteiger partial charge in [0.25, 0.3) is 0 Å². The Kier molecular flexibility index (Phi) is 3.55. The molecule has 0 aliphatic heterocycles. The molecule has 1 unspecified atom stereocenters. The smallest absolute Gasteiger partial charge is 0.303 e. The highest BCUT2D eigenvalue weighted by molar-refractivity contribution is 5.71. The van der Waals surface area contributed by atoms with E-state index in [0.717, 1.165) is 30.4 Å². The van der Waals surface area contributed by atoms with Crippen molar-refractivity contribution in [3.8, 4) is 0 Å². The zero-order chi connectivity index (χ0) is 13.2. The van der Waals surface area contributed by atoms with Crippen molar-refractivity contribution in [3.05, 3.63) is 41.0 Å². The van der Waals surface area contributed by atoms with Gasteiger partial charge in [0.2, 0.25) is 0 Å². The summed E-state index contributed by atoms with van der Waals surface area (Å²) in [6.45, 7) is 5.70. The van der Waals surface area contributed by atoms with E-state index >= 15 is 0 Å². The topological polar surface area (TPSA) is 26.3 Å². The molecule has 0 radical (unpaired) electrons. The summed E-state index contributed by atoms with van der Waals surface area (Å²) in [5, 5.41) is 0. The molecule has 0 aromatic heterocycles. The van der Waals surface area contributed by atoms with Crippen LogP contribution in [0, 0.1) is 6.92 Å². The third kappa shape index (κ3) is 2.33. The molecule has 0 N–H and O–H groups in total. The SMILES string of the molecule is CCCCC1(OC(C)=O)C=Cc2ccc(C)cc21. The lowest BCUT2D eigenvalue weighted by Gasteiger charge is -2.29. The van der Waals surface area contributed by atoms with E-state index in [4.69, 9.17) is 4.74 Å². The number of hydrogen-bond donors (Lipinski definition) is 0. The van der Waals surface area contributed by atoms with Crippen LogP contribution in [0.15, 0.2) is 24.3 Å². The van der Waals surface area contributed by atoms with Crippen molar-refractivity contribution < 1.29 is 9.53 Å². The van der Waals surface area contributed by atoms with Gasteiger partial charge in [-0.1, -0.05) is 43.2 Å². The van der Waals surface area contributed by atoms with Crippen LogP contribution in [-0.4, -0.2) is 5.97 Å². The second kappa shape index (κ2) is 4.97. The van der Waals surface area contributed by atoms with Gasteiger partial charge in [0, 0.05) is 12.5 Å². The molecule has 0 saturated heterocycles. The zero-order valence-corrected chi connectivity index (χ0v) is 11.3. The van der Waals surface area contributed by atoms with Gasteiger partial charge in [-0.05, 0) is 31.4 Å². The second-order valence-electron chi connectivity index (χ2n) is 5.01. The molecule has 0 saturated carbocycles. The Bertz CT molecular complexity index is 488. The molecule has 18 heavy (non-hydrogen) atoms. The number of benzene rings is 1. The number of rotatable bonds is 4. The minimum absolute atomic E-state index is 0.217. The predicted octanol–water partition coefficient (Wildman–Crippen LogP) is 3.97. The first-order chi connectivity index (χ1) is 8.57. The quantitative estimate of drug-likeness (QED) is 0.749. The fourth-order valence-electron chi connectivity index (χ4n) is 2.55. The molecule has 1 aliphatic carbocycles. The van der Waals surface area contributed by atoms with Gasteiger partial charge in [-0.25, -0.2) is 0 Å². The molecule has 1 aliphatic rings. The largest absolute Gasteiger partial charge is 0.450 e. The van der Waals surface area contributed by atoms with Crippen LogP contribution in [-0.2, 0) is 15.1 Å². The first kappa shape index (κ1) is 12.9. The van der Waals surface area contributed by atoms with Gasteiger partial charge in [0.05, 0.1) is 0 Å². The molecule has 1 aromatic carbocycles. The van der Waals surface area contributed by atoms with Crippen molar-refractivity contribution in [2.45, 2.75) is 45.6 Å². The molecule has 2 rings (SSSR count). The van der Waals surface area contributed by atoms with Gasteiger partial charge in [0.15, 0.2) is 5.60 Å². The lowest BCUT2D eigenvalue weighted by Crippen LogP contribution is -2.28. The van der Waals surface area contributed by atoms with Gasteiger partial charge in [-0.2, -0.15) is 0 Å². The molecule has 0 spiro atoms. The Morgan fingerprint density at radius 2 is 2.17 bits per heavy atom. The maximum atomic E-state index is 11.4. The molecular formula is C16H20O2. The number of unbranched alkanes of at least 4 members (excludes halogenated alkanes) is 1. The van der Waals surface area contributed by atoms with Gasteiger partial charge >= 0.3 is 5.97 Å². The number of ether oxygens (including phenoxy) is 1. The number of hydrogen-bond acceptors (Lipinski definition) is 2. The summed E-state index contributed by atoms with van der Waals surface area (Å²) < 4.78 is 5.66. The Labute approximate surface area is 109 Å². The molecule has 2 heteroatoms. The molecule has 1 atom stereocenters. The zero-order valence-electron chi connectivity index (χ0n) is 11.3. The van der Waals surface area contributed by atoms with Crippen LogP contribution in [0.25, 0.3) is 6.08 Å². The van der Waals surface area contributed by atoms with Crippen molar-refractivity contribution >= 4 is 12.0 Å².